The highest BCUT2D eigenvalue weighted by atomic mass is 16.1. The SMILES string of the molecule is CC1CCc2c3c(c(C(=O)c4ccccc4)n21)-c1ccccc1CC3. The van der Waals surface area contributed by atoms with Crippen molar-refractivity contribution in [2.75, 3.05) is 0 Å². The van der Waals surface area contributed by atoms with Gasteiger partial charge in [0.1, 0.15) is 0 Å². The number of benzene rings is 2. The molecule has 0 saturated carbocycles. The first-order valence-corrected chi connectivity index (χ1v) is 9.19. The molecule has 2 aliphatic rings. The Bertz CT molecular complexity index is 981. The molecule has 0 bridgehead atoms. The molecule has 0 N–H and O–H groups in total. The fourth-order valence-electron chi connectivity index (χ4n) is 4.67. The molecule has 2 nitrogen and oxygen atoms in total. The number of ketones is 1. The van der Waals surface area contributed by atoms with Gasteiger partial charge in [-0.25, -0.2) is 0 Å². The molecule has 1 aromatic heterocycles. The molecule has 2 heteroatoms. The maximum absolute atomic E-state index is 13.5. The number of hydrogen-bond acceptors (Lipinski definition) is 1. The van der Waals surface area contributed by atoms with Crippen LogP contribution < -0.4 is 0 Å². The summed E-state index contributed by atoms with van der Waals surface area (Å²) < 4.78 is 2.35. The number of fused-ring (bicyclic) bond motifs is 5. The predicted molar refractivity (Wildman–Crippen MR) is 100 cm³/mol. The molecule has 25 heavy (non-hydrogen) atoms. The second-order valence-corrected chi connectivity index (χ2v) is 7.26. The van der Waals surface area contributed by atoms with Crippen molar-refractivity contribution in [3.05, 3.63) is 82.7 Å². The number of carbonyl (C=O) groups excluding carboxylic acids is 1. The lowest BCUT2D eigenvalue weighted by molar-refractivity contribution is 0.102. The third kappa shape index (κ3) is 2.07. The Morgan fingerprint density at radius 1 is 0.960 bits per heavy atom. The molecule has 124 valence electrons. The van der Waals surface area contributed by atoms with Crippen molar-refractivity contribution >= 4 is 5.78 Å². The zero-order chi connectivity index (χ0) is 17.0. The Morgan fingerprint density at radius 3 is 2.56 bits per heavy atom. The Morgan fingerprint density at radius 2 is 1.72 bits per heavy atom. The van der Waals surface area contributed by atoms with E-state index in [-0.39, 0.29) is 5.78 Å². The minimum absolute atomic E-state index is 0.161. The molecule has 3 aromatic rings. The standard InChI is InChI=1S/C23H21NO/c1-15-11-14-20-19-13-12-16-7-5-6-10-18(16)21(19)22(24(15)20)23(25)17-8-3-2-4-9-17/h2-10,15H,11-14H2,1H3. The van der Waals surface area contributed by atoms with Gasteiger partial charge in [0, 0.05) is 22.9 Å². The van der Waals surface area contributed by atoms with E-state index >= 15 is 0 Å². The molecule has 0 radical (unpaired) electrons. The zero-order valence-corrected chi connectivity index (χ0v) is 14.5. The predicted octanol–water partition coefficient (Wildman–Crippen LogP) is 4.99. The minimum atomic E-state index is 0.161. The summed E-state index contributed by atoms with van der Waals surface area (Å²) in [5.74, 6) is 0.161. The fraction of sp³-hybridized carbons (Fsp3) is 0.261. The number of aryl methyl sites for hydroxylation is 1. The minimum Gasteiger partial charge on any atom is -0.338 e. The van der Waals surface area contributed by atoms with Crippen molar-refractivity contribution in [1.29, 1.82) is 0 Å². The molecule has 1 unspecified atom stereocenters. The van der Waals surface area contributed by atoms with Crippen LogP contribution in [0.4, 0.5) is 0 Å². The van der Waals surface area contributed by atoms with E-state index in [1.54, 1.807) is 0 Å². The van der Waals surface area contributed by atoms with Crippen LogP contribution in [0.3, 0.4) is 0 Å². The number of aromatic nitrogens is 1. The van der Waals surface area contributed by atoms with Gasteiger partial charge < -0.3 is 4.57 Å². The van der Waals surface area contributed by atoms with Crippen molar-refractivity contribution in [3.63, 3.8) is 0 Å². The van der Waals surface area contributed by atoms with Gasteiger partial charge in [-0.2, -0.15) is 0 Å². The summed E-state index contributed by atoms with van der Waals surface area (Å²) in [6.45, 7) is 2.25. The Hall–Kier alpha value is -2.61. The average Bonchev–Trinajstić information content (AvgIpc) is 3.20. The molecule has 5 rings (SSSR count). The molecule has 1 aliphatic heterocycles. The summed E-state index contributed by atoms with van der Waals surface area (Å²) in [7, 11) is 0. The molecular formula is C23H21NO. The highest BCUT2D eigenvalue weighted by Crippen LogP contribution is 2.45. The monoisotopic (exact) mass is 327 g/mol. The van der Waals surface area contributed by atoms with Crippen LogP contribution in [0, 0.1) is 0 Å². The zero-order valence-electron chi connectivity index (χ0n) is 14.5. The van der Waals surface area contributed by atoms with Crippen LogP contribution in [0.1, 0.15) is 52.3 Å². The van der Waals surface area contributed by atoms with Crippen LogP contribution in [-0.2, 0) is 19.3 Å². The molecule has 0 fully saturated rings. The summed E-state index contributed by atoms with van der Waals surface area (Å²) >= 11 is 0. The average molecular weight is 327 g/mol. The Labute approximate surface area is 148 Å². The molecule has 2 heterocycles. The molecule has 0 saturated heterocycles. The van der Waals surface area contributed by atoms with Crippen LogP contribution in [0.2, 0.25) is 0 Å². The van der Waals surface area contributed by atoms with E-state index in [0.717, 1.165) is 36.9 Å². The highest BCUT2D eigenvalue weighted by Gasteiger charge is 2.35. The van der Waals surface area contributed by atoms with Gasteiger partial charge in [-0.15, -0.1) is 0 Å². The smallest absolute Gasteiger partial charge is 0.210 e. The largest absolute Gasteiger partial charge is 0.338 e. The fourth-order valence-corrected chi connectivity index (χ4v) is 4.67. The van der Waals surface area contributed by atoms with Crippen LogP contribution in [0.15, 0.2) is 54.6 Å². The lowest BCUT2D eigenvalue weighted by Gasteiger charge is -2.19. The summed E-state index contributed by atoms with van der Waals surface area (Å²) in [6.07, 6.45) is 4.36. The Balaban J connectivity index is 1.81. The van der Waals surface area contributed by atoms with Gasteiger partial charge in [0.25, 0.3) is 0 Å². The molecule has 1 atom stereocenters. The van der Waals surface area contributed by atoms with E-state index in [1.807, 2.05) is 30.3 Å². The van der Waals surface area contributed by atoms with E-state index < -0.39 is 0 Å². The topological polar surface area (TPSA) is 22.0 Å². The van der Waals surface area contributed by atoms with Gasteiger partial charge in [0.15, 0.2) is 0 Å². The van der Waals surface area contributed by atoms with Gasteiger partial charge in [0.2, 0.25) is 5.78 Å². The second kappa shape index (κ2) is 5.45. The van der Waals surface area contributed by atoms with Gasteiger partial charge in [-0.1, -0.05) is 54.6 Å². The summed E-state index contributed by atoms with van der Waals surface area (Å²) in [4.78, 5) is 13.5. The first-order valence-electron chi connectivity index (χ1n) is 9.19. The maximum Gasteiger partial charge on any atom is 0.210 e. The maximum atomic E-state index is 13.5. The van der Waals surface area contributed by atoms with Gasteiger partial charge in [0.05, 0.1) is 5.69 Å². The number of carbonyl (C=O) groups is 1. The number of rotatable bonds is 2. The third-order valence-corrected chi connectivity index (χ3v) is 5.84. The molecule has 1 aliphatic carbocycles. The van der Waals surface area contributed by atoms with E-state index in [0.29, 0.717) is 6.04 Å². The van der Waals surface area contributed by atoms with Crippen LogP contribution in [0.25, 0.3) is 11.1 Å². The molecular weight excluding hydrogens is 306 g/mol. The highest BCUT2D eigenvalue weighted by molar-refractivity contribution is 6.13. The molecule has 0 amide bonds. The van der Waals surface area contributed by atoms with Crippen molar-refractivity contribution in [2.45, 2.75) is 38.6 Å². The van der Waals surface area contributed by atoms with E-state index in [9.17, 15) is 4.79 Å². The van der Waals surface area contributed by atoms with Crippen LogP contribution in [-0.4, -0.2) is 10.4 Å². The van der Waals surface area contributed by atoms with Crippen LogP contribution >= 0.6 is 0 Å². The summed E-state index contributed by atoms with van der Waals surface area (Å²) in [5.41, 5.74) is 8.35. The lowest BCUT2D eigenvalue weighted by Crippen LogP contribution is -2.13. The van der Waals surface area contributed by atoms with Gasteiger partial charge in [-0.3, -0.25) is 4.79 Å². The number of nitrogens with zero attached hydrogens (tertiary/aromatic N) is 1. The van der Waals surface area contributed by atoms with E-state index in [4.69, 9.17) is 0 Å². The van der Waals surface area contributed by atoms with Crippen molar-refractivity contribution in [3.8, 4) is 11.1 Å². The van der Waals surface area contributed by atoms with Crippen molar-refractivity contribution in [1.82, 2.24) is 4.57 Å². The molecule has 0 spiro atoms. The van der Waals surface area contributed by atoms with Crippen molar-refractivity contribution in [2.24, 2.45) is 0 Å². The second-order valence-electron chi connectivity index (χ2n) is 7.26. The summed E-state index contributed by atoms with van der Waals surface area (Å²) in [6, 6.07) is 18.7. The van der Waals surface area contributed by atoms with E-state index in [1.165, 1.54) is 27.9 Å². The first-order chi connectivity index (χ1) is 12.3. The quantitative estimate of drug-likeness (QED) is 0.608. The first kappa shape index (κ1) is 14.7. The van der Waals surface area contributed by atoms with Crippen LogP contribution in [0.5, 0.6) is 0 Å². The normalized spacial score (nSPS) is 17.7. The van der Waals surface area contributed by atoms with Crippen molar-refractivity contribution < 1.29 is 4.79 Å². The summed E-state index contributed by atoms with van der Waals surface area (Å²) in [5, 5.41) is 0. The van der Waals surface area contributed by atoms with E-state index in [2.05, 4.69) is 35.8 Å². The lowest BCUT2D eigenvalue weighted by atomic mass is 9.84. The number of hydrogen-bond donors (Lipinski definition) is 0. The Kier molecular flexibility index (Phi) is 3.21. The van der Waals surface area contributed by atoms with Gasteiger partial charge >= 0.3 is 0 Å². The van der Waals surface area contributed by atoms with Gasteiger partial charge in [-0.05, 0) is 49.3 Å². The third-order valence-electron chi connectivity index (χ3n) is 5.84. The molecule has 2 aromatic carbocycles.